The van der Waals surface area contributed by atoms with E-state index in [1.54, 1.807) is 20.4 Å². The number of anilines is 1. The molecule has 2 fully saturated rings. The molecular weight excluding hydrogens is 456 g/mol. The molecule has 1 saturated carbocycles. The van der Waals surface area contributed by atoms with Crippen molar-refractivity contribution < 1.29 is 26.6 Å². The Labute approximate surface area is 183 Å². The van der Waals surface area contributed by atoms with Crippen LogP contribution in [0.4, 0.5) is 14.0 Å². The maximum absolute atomic E-state index is 14.9. The Kier molecular flexibility index (Phi) is 6.59. The summed E-state index contributed by atoms with van der Waals surface area (Å²) in [4.78, 5) is 27.6. The van der Waals surface area contributed by atoms with Gasteiger partial charge in [0.2, 0.25) is 5.43 Å². The number of aromatic nitrogens is 1. The van der Waals surface area contributed by atoms with Gasteiger partial charge in [-0.15, -0.1) is 16.3 Å². The fraction of sp³-hybridized carbons (Fsp3) is 0.474. The third kappa shape index (κ3) is 4.99. The van der Waals surface area contributed by atoms with Crippen molar-refractivity contribution in [3.63, 3.8) is 0 Å². The Morgan fingerprint density at radius 2 is 1.81 bits per heavy atom. The van der Waals surface area contributed by atoms with Gasteiger partial charge in [-0.25, -0.2) is 9.18 Å². The molecule has 1 aliphatic heterocycles. The number of nitrogens with zero attached hydrogens (tertiary/aromatic N) is 3. The van der Waals surface area contributed by atoms with Gasteiger partial charge in [0, 0.05) is 50.3 Å². The summed E-state index contributed by atoms with van der Waals surface area (Å²) in [6, 6.07) is 2.77. The number of carboxylic acid groups (broad SMARTS) is 1. The van der Waals surface area contributed by atoms with Crippen molar-refractivity contribution in [2.45, 2.75) is 18.9 Å². The highest BCUT2D eigenvalue weighted by Gasteiger charge is 2.28. The summed E-state index contributed by atoms with van der Waals surface area (Å²) in [5.74, 6) is -2.53. The number of carbonyl (C=O) groups is 1. The minimum atomic E-state index is -4.53. The molecule has 0 bridgehead atoms. The number of fused-ring (bicyclic) bond motifs is 1. The first-order chi connectivity index (χ1) is 14.1. The number of pyridine rings is 1. The third-order valence-electron chi connectivity index (χ3n) is 5.64. The second-order valence-electron chi connectivity index (χ2n) is 7.71. The van der Waals surface area contributed by atoms with Crippen LogP contribution in [0.5, 0.6) is 0 Å². The van der Waals surface area contributed by atoms with Gasteiger partial charge >= 0.3 is 16.2 Å². The molecule has 4 rings (SSSR count). The Morgan fingerprint density at radius 1 is 1.16 bits per heavy atom. The molecule has 8 nitrogen and oxygen atoms in total. The fourth-order valence-electron chi connectivity index (χ4n) is 3.86. The Balaban J connectivity index is 0.00000272. The van der Waals surface area contributed by atoms with Gasteiger partial charge in [0.05, 0.1) is 17.0 Å². The average molecular weight is 478 g/mol. The zero-order chi connectivity index (χ0) is 21.6. The minimum Gasteiger partial charge on any atom is -0.477 e. The van der Waals surface area contributed by atoms with Crippen molar-refractivity contribution in [1.29, 1.82) is 0 Å². The average Bonchev–Trinajstić information content (AvgIpc) is 3.51. The molecule has 0 radical (unpaired) electrons. The van der Waals surface area contributed by atoms with Gasteiger partial charge in [-0.1, -0.05) is 0 Å². The van der Waals surface area contributed by atoms with Crippen molar-refractivity contribution in [2.75, 3.05) is 43.4 Å². The molecule has 31 heavy (non-hydrogen) atoms. The smallest absolute Gasteiger partial charge is 0.341 e. The molecule has 0 amide bonds. The van der Waals surface area contributed by atoms with Gasteiger partial charge in [0.15, 0.2) is 0 Å². The van der Waals surface area contributed by atoms with E-state index in [2.05, 4.69) is 0 Å². The van der Waals surface area contributed by atoms with Crippen LogP contribution in [-0.2, 0) is 10.2 Å². The van der Waals surface area contributed by atoms with Gasteiger partial charge < -0.3 is 14.6 Å². The summed E-state index contributed by atoms with van der Waals surface area (Å²) in [6.07, 6.45) is 3.06. The molecule has 0 atom stereocenters. The van der Waals surface area contributed by atoms with Gasteiger partial charge in [-0.2, -0.15) is 8.42 Å². The molecule has 1 aliphatic carbocycles. The van der Waals surface area contributed by atoms with Crippen molar-refractivity contribution in [1.82, 2.24) is 9.47 Å². The maximum Gasteiger partial charge on any atom is 0.341 e. The number of rotatable bonds is 6. The van der Waals surface area contributed by atoms with Crippen LogP contribution in [0.15, 0.2) is 23.1 Å². The van der Waals surface area contributed by atoms with E-state index in [0.717, 1.165) is 18.9 Å². The third-order valence-corrected chi connectivity index (χ3v) is 6.31. The van der Waals surface area contributed by atoms with E-state index in [9.17, 15) is 31.4 Å². The predicted octanol–water partition coefficient (Wildman–Crippen LogP) is 2.02. The summed E-state index contributed by atoms with van der Waals surface area (Å²) in [5, 5.41) is 9.35. The highest BCUT2D eigenvalue weighted by molar-refractivity contribution is 7.86. The van der Waals surface area contributed by atoms with Crippen LogP contribution in [0.1, 0.15) is 29.2 Å². The van der Waals surface area contributed by atoms with Gasteiger partial charge in [-0.05, 0) is 25.0 Å². The molecule has 1 aromatic heterocycles. The molecule has 1 saturated heterocycles. The van der Waals surface area contributed by atoms with E-state index in [1.165, 1.54) is 6.20 Å². The number of hydrogen-bond donors (Lipinski definition) is 1. The summed E-state index contributed by atoms with van der Waals surface area (Å²) >= 11 is 0. The SMILES string of the molecule is Cl.O=C(O)c1cn(C2CC2)c2cc(N3CCN(CCS(=O)(=O)F)CC3)c(F)cc2c1=O. The zero-order valence-corrected chi connectivity index (χ0v) is 18.1. The molecule has 2 aromatic rings. The van der Waals surface area contributed by atoms with Crippen molar-refractivity contribution in [3.8, 4) is 0 Å². The molecule has 0 spiro atoms. The zero-order valence-electron chi connectivity index (χ0n) is 16.5. The Hall–Kier alpha value is -2.24. The van der Waals surface area contributed by atoms with Crippen LogP contribution in [0.25, 0.3) is 10.9 Å². The molecule has 1 N–H and O–H groups in total. The van der Waals surface area contributed by atoms with Crippen LogP contribution in [-0.4, -0.2) is 67.4 Å². The first-order valence-corrected chi connectivity index (χ1v) is 11.2. The number of benzene rings is 1. The van der Waals surface area contributed by atoms with Crippen molar-refractivity contribution >= 4 is 45.2 Å². The van der Waals surface area contributed by atoms with Gasteiger partial charge in [-0.3, -0.25) is 9.69 Å². The minimum absolute atomic E-state index is 0. The van der Waals surface area contributed by atoms with E-state index in [4.69, 9.17) is 0 Å². The topological polar surface area (TPSA) is 99.9 Å². The van der Waals surface area contributed by atoms with E-state index in [1.807, 2.05) is 0 Å². The monoisotopic (exact) mass is 477 g/mol. The van der Waals surface area contributed by atoms with E-state index in [0.29, 0.717) is 37.4 Å². The lowest BCUT2D eigenvalue weighted by Crippen LogP contribution is -2.47. The second kappa shape index (κ2) is 8.71. The van der Waals surface area contributed by atoms with Crippen LogP contribution in [0.2, 0.25) is 0 Å². The predicted molar refractivity (Wildman–Crippen MR) is 114 cm³/mol. The summed E-state index contributed by atoms with van der Waals surface area (Å²) in [5.41, 5.74) is -0.290. The first kappa shape index (κ1) is 23.4. The normalized spacial score (nSPS) is 17.5. The lowest BCUT2D eigenvalue weighted by atomic mass is 10.1. The number of aromatic carboxylic acids is 1. The number of piperazine rings is 1. The van der Waals surface area contributed by atoms with Crippen LogP contribution >= 0.6 is 12.4 Å². The van der Waals surface area contributed by atoms with Crippen LogP contribution in [0.3, 0.4) is 0 Å². The quantitative estimate of drug-likeness (QED) is 0.635. The van der Waals surface area contributed by atoms with Crippen LogP contribution < -0.4 is 10.3 Å². The lowest BCUT2D eigenvalue weighted by molar-refractivity contribution is 0.0694. The second-order valence-corrected chi connectivity index (χ2v) is 9.19. The molecular formula is C19H22ClF2N3O5S. The molecule has 12 heteroatoms. The molecule has 170 valence electrons. The standard InChI is InChI=1S/C19H21F2N3O5S.ClH/c20-15-9-13-16(24(12-1-2-12)11-14(18(13)25)19(26)27)10-17(15)23-5-3-22(4-6-23)7-8-30(21,28)29;/h9-12H,1-8H2,(H,26,27);1H. The lowest BCUT2D eigenvalue weighted by Gasteiger charge is -2.36. The molecule has 1 aromatic carbocycles. The van der Waals surface area contributed by atoms with Gasteiger partial charge in [0.25, 0.3) is 0 Å². The van der Waals surface area contributed by atoms with Crippen LogP contribution in [0, 0.1) is 5.82 Å². The largest absolute Gasteiger partial charge is 0.477 e. The fourth-order valence-corrected chi connectivity index (χ4v) is 4.33. The Morgan fingerprint density at radius 3 is 2.35 bits per heavy atom. The number of carboxylic acids is 1. The van der Waals surface area contributed by atoms with Gasteiger partial charge in [0.1, 0.15) is 11.4 Å². The molecule has 0 unspecified atom stereocenters. The van der Waals surface area contributed by atoms with Crippen molar-refractivity contribution in [2.24, 2.45) is 0 Å². The van der Waals surface area contributed by atoms with E-state index < -0.39 is 33.2 Å². The maximum atomic E-state index is 14.9. The number of hydrogen-bond acceptors (Lipinski definition) is 6. The highest BCUT2D eigenvalue weighted by Crippen LogP contribution is 2.38. The summed E-state index contributed by atoms with van der Waals surface area (Å²) < 4.78 is 50.7. The van der Waals surface area contributed by atoms with Crippen molar-refractivity contribution in [3.05, 3.63) is 39.9 Å². The van der Waals surface area contributed by atoms with E-state index >= 15 is 0 Å². The Bertz CT molecular complexity index is 1180. The summed E-state index contributed by atoms with van der Waals surface area (Å²) in [6.45, 7) is 1.79. The molecule has 2 aliphatic rings. The first-order valence-electron chi connectivity index (χ1n) is 9.65. The van der Waals surface area contributed by atoms with E-state index in [-0.39, 0.29) is 35.9 Å². The number of halogens is 3. The molecule has 2 heterocycles. The summed E-state index contributed by atoms with van der Waals surface area (Å²) in [7, 11) is -4.53. The highest BCUT2D eigenvalue weighted by atomic mass is 35.5.